The molecule has 172 valence electrons. The van der Waals surface area contributed by atoms with Crippen molar-refractivity contribution in [2.45, 2.75) is 24.8 Å². The molecule has 9 heteroatoms. The minimum Gasteiger partial charge on any atom is -0.491 e. The molecular weight excluding hydrogens is 432 g/mol. The summed E-state index contributed by atoms with van der Waals surface area (Å²) in [4.78, 5) is 25.3. The molecule has 0 spiro atoms. The maximum atomic E-state index is 12.8. The van der Waals surface area contributed by atoms with E-state index in [9.17, 15) is 9.59 Å². The van der Waals surface area contributed by atoms with Crippen molar-refractivity contribution < 1.29 is 29.4 Å². The Morgan fingerprint density at radius 1 is 1.16 bits per heavy atom. The fraction of sp³-hybridized carbons (Fsp3) is 0.304. The number of amides is 2. The molecule has 1 atom stereocenters. The van der Waals surface area contributed by atoms with Gasteiger partial charge in [0.15, 0.2) is 0 Å². The Morgan fingerprint density at radius 2 is 1.84 bits per heavy atom. The molecule has 0 aliphatic rings. The van der Waals surface area contributed by atoms with Gasteiger partial charge in [0.2, 0.25) is 0 Å². The van der Waals surface area contributed by atoms with Gasteiger partial charge in [0, 0.05) is 27.6 Å². The van der Waals surface area contributed by atoms with Crippen molar-refractivity contribution in [1.82, 2.24) is 5.48 Å². The Labute approximate surface area is 191 Å². The van der Waals surface area contributed by atoms with E-state index in [0.717, 1.165) is 11.0 Å². The summed E-state index contributed by atoms with van der Waals surface area (Å²) in [5.74, 6) is -0.267. The molecule has 8 nitrogen and oxygen atoms in total. The van der Waals surface area contributed by atoms with Gasteiger partial charge in [0.25, 0.3) is 5.91 Å². The highest BCUT2D eigenvalue weighted by molar-refractivity contribution is 7.98. The summed E-state index contributed by atoms with van der Waals surface area (Å²) in [6.45, 7) is 3.46. The second-order valence-corrected chi connectivity index (χ2v) is 8.26. The lowest BCUT2D eigenvalue weighted by atomic mass is 9.81. The van der Waals surface area contributed by atoms with Crippen molar-refractivity contribution in [1.29, 1.82) is 0 Å². The van der Waals surface area contributed by atoms with Gasteiger partial charge < -0.3 is 14.6 Å². The number of hydroxylamine groups is 1. The standard InChI is InChI=1S/C23H28N2O6S/c1-23(2,13-12-20(27)25-29)21(18-6-4-5-7-19(18)30-15-14-26)31-22(28)24-16-8-10-17(32-3)11-9-16/h4-13,21,26,29H,14-15H2,1-3H3,(H,24,28)(H,25,27)/b13-12+/t21-/m1/s1. The number of thioether (sulfide) groups is 1. The van der Waals surface area contributed by atoms with Gasteiger partial charge in [-0.05, 0) is 36.6 Å². The molecule has 0 saturated carbocycles. The van der Waals surface area contributed by atoms with Crippen molar-refractivity contribution in [3.05, 3.63) is 66.2 Å². The summed E-state index contributed by atoms with van der Waals surface area (Å²) < 4.78 is 11.4. The summed E-state index contributed by atoms with van der Waals surface area (Å²) >= 11 is 1.59. The Morgan fingerprint density at radius 3 is 2.47 bits per heavy atom. The zero-order valence-corrected chi connectivity index (χ0v) is 19.0. The number of aliphatic hydroxyl groups is 1. The molecule has 2 aromatic rings. The van der Waals surface area contributed by atoms with Crippen LogP contribution in [0.15, 0.2) is 65.6 Å². The molecule has 0 heterocycles. The molecule has 0 aromatic heterocycles. The average molecular weight is 461 g/mol. The molecule has 2 aromatic carbocycles. The number of rotatable bonds is 10. The number of anilines is 1. The van der Waals surface area contributed by atoms with Crippen LogP contribution >= 0.6 is 11.8 Å². The van der Waals surface area contributed by atoms with Crippen molar-refractivity contribution in [2.75, 3.05) is 24.8 Å². The number of carbonyl (C=O) groups is 2. The molecule has 0 aliphatic carbocycles. The molecular formula is C23H28N2O6S. The summed E-state index contributed by atoms with van der Waals surface area (Å²) in [5, 5.41) is 20.6. The fourth-order valence-corrected chi connectivity index (χ4v) is 3.35. The number of hydrogen-bond donors (Lipinski definition) is 4. The Balaban J connectivity index is 2.34. The highest BCUT2D eigenvalue weighted by Crippen LogP contribution is 2.42. The highest BCUT2D eigenvalue weighted by Gasteiger charge is 2.34. The number of carbonyl (C=O) groups excluding carboxylic acids is 2. The third-order valence-corrected chi connectivity index (χ3v) is 5.31. The molecule has 4 N–H and O–H groups in total. The van der Waals surface area contributed by atoms with Gasteiger partial charge >= 0.3 is 6.09 Å². The SMILES string of the molecule is CSc1ccc(NC(=O)O[C@H](c2ccccc2OCCO)C(C)(C)/C=C/C(=O)NO)cc1. The number of nitrogens with one attached hydrogen (secondary N) is 2. The second kappa shape index (κ2) is 12.1. The molecule has 0 saturated heterocycles. The number of benzene rings is 2. The van der Waals surface area contributed by atoms with Crippen molar-refractivity contribution in [3.8, 4) is 5.75 Å². The quantitative estimate of drug-likeness (QED) is 0.182. The highest BCUT2D eigenvalue weighted by atomic mass is 32.2. The lowest BCUT2D eigenvalue weighted by Crippen LogP contribution is -2.28. The molecule has 0 unspecified atom stereocenters. The molecule has 0 bridgehead atoms. The summed E-state index contributed by atoms with van der Waals surface area (Å²) in [5.41, 5.74) is 1.80. The topological polar surface area (TPSA) is 117 Å². The van der Waals surface area contributed by atoms with Gasteiger partial charge in [-0.25, -0.2) is 10.3 Å². The number of aliphatic hydroxyl groups excluding tert-OH is 1. The zero-order chi connectivity index (χ0) is 23.6. The van der Waals surface area contributed by atoms with Crippen LogP contribution in [0, 0.1) is 5.41 Å². The van der Waals surface area contributed by atoms with E-state index in [4.69, 9.17) is 19.8 Å². The van der Waals surface area contributed by atoms with Crippen LogP contribution in [0.4, 0.5) is 10.5 Å². The number of para-hydroxylation sites is 1. The maximum Gasteiger partial charge on any atom is 0.412 e. The molecule has 2 rings (SSSR count). The van der Waals surface area contributed by atoms with Crippen LogP contribution in [0.2, 0.25) is 0 Å². The van der Waals surface area contributed by atoms with Crippen LogP contribution in [0.3, 0.4) is 0 Å². The minimum absolute atomic E-state index is 0.0703. The predicted molar refractivity (Wildman–Crippen MR) is 123 cm³/mol. The minimum atomic E-state index is -0.870. The van der Waals surface area contributed by atoms with Gasteiger partial charge in [-0.3, -0.25) is 15.3 Å². The third kappa shape index (κ3) is 7.30. The van der Waals surface area contributed by atoms with Crippen LogP contribution in [0.5, 0.6) is 5.75 Å². The van der Waals surface area contributed by atoms with E-state index in [1.165, 1.54) is 11.6 Å². The molecule has 32 heavy (non-hydrogen) atoms. The van der Waals surface area contributed by atoms with Gasteiger partial charge in [-0.15, -0.1) is 11.8 Å². The average Bonchev–Trinajstić information content (AvgIpc) is 2.80. The van der Waals surface area contributed by atoms with E-state index in [-0.39, 0.29) is 13.2 Å². The van der Waals surface area contributed by atoms with Crippen LogP contribution < -0.4 is 15.5 Å². The lowest BCUT2D eigenvalue weighted by molar-refractivity contribution is -0.124. The van der Waals surface area contributed by atoms with Crippen LogP contribution in [0.25, 0.3) is 0 Å². The van der Waals surface area contributed by atoms with Gasteiger partial charge in [-0.1, -0.05) is 38.1 Å². The largest absolute Gasteiger partial charge is 0.491 e. The summed E-state index contributed by atoms with van der Waals surface area (Å²) in [7, 11) is 0. The van der Waals surface area contributed by atoms with E-state index in [0.29, 0.717) is 17.0 Å². The predicted octanol–water partition coefficient (Wildman–Crippen LogP) is 4.16. The van der Waals surface area contributed by atoms with Gasteiger partial charge in [0.05, 0.1) is 6.61 Å². The number of hydrogen-bond acceptors (Lipinski definition) is 7. The third-order valence-electron chi connectivity index (χ3n) is 4.56. The Hall–Kier alpha value is -3.01. The Kier molecular flexibility index (Phi) is 9.58. The van der Waals surface area contributed by atoms with Crippen LogP contribution in [-0.4, -0.2) is 41.8 Å². The molecule has 2 amide bonds. The van der Waals surface area contributed by atoms with Gasteiger partial charge in [-0.2, -0.15) is 0 Å². The van der Waals surface area contributed by atoms with Crippen molar-refractivity contribution >= 4 is 29.4 Å². The van der Waals surface area contributed by atoms with Crippen molar-refractivity contribution in [3.63, 3.8) is 0 Å². The van der Waals surface area contributed by atoms with E-state index < -0.39 is 23.5 Å². The second-order valence-electron chi connectivity index (χ2n) is 7.38. The van der Waals surface area contributed by atoms with Crippen LogP contribution in [-0.2, 0) is 9.53 Å². The monoisotopic (exact) mass is 460 g/mol. The first-order valence-electron chi connectivity index (χ1n) is 9.88. The van der Waals surface area contributed by atoms with E-state index in [2.05, 4.69) is 5.32 Å². The lowest BCUT2D eigenvalue weighted by Gasteiger charge is -2.32. The molecule has 0 aliphatic heterocycles. The van der Waals surface area contributed by atoms with E-state index in [1.54, 1.807) is 62.0 Å². The molecule has 0 radical (unpaired) electrons. The van der Waals surface area contributed by atoms with Gasteiger partial charge in [0.1, 0.15) is 18.5 Å². The summed E-state index contributed by atoms with van der Waals surface area (Å²) in [6, 6.07) is 14.3. The first-order chi connectivity index (χ1) is 15.3. The van der Waals surface area contributed by atoms with E-state index >= 15 is 0 Å². The maximum absolute atomic E-state index is 12.8. The normalized spacial score (nSPS) is 12.3. The van der Waals surface area contributed by atoms with E-state index in [1.807, 2.05) is 18.4 Å². The number of ether oxygens (including phenoxy) is 2. The first-order valence-corrected chi connectivity index (χ1v) is 11.1. The fourth-order valence-electron chi connectivity index (χ4n) is 2.94. The summed E-state index contributed by atoms with van der Waals surface area (Å²) in [6.07, 6.45) is 3.12. The zero-order valence-electron chi connectivity index (χ0n) is 18.2. The van der Waals surface area contributed by atoms with Crippen LogP contribution in [0.1, 0.15) is 25.5 Å². The van der Waals surface area contributed by atoms with Crippen molar-refractivity contribution in [2.24, 2.45) is 5.41 Å². The molecule has 0 fully saturated rings. The first kappa shape index (κ1) is 25.3. The Bertz CT molecular complexity index is 930. The smallest absolute Gasteiger partial charge is 0.412 e.